The Labute approximate surface area is 121 Å². The van der Waals surface area contributed by atoms with E-state index < -0.39 is 5.60 Å². The number of nitrogens with zero attached hydrogens (tertiary/aromatic N) is 2. The van der Waals surface area contributed by atoms with E-state index in [0.29, 0.717) is 31.8 Å². The molecule has 1 spiro atoms. The number of hydrogen-bond acceptors (Lipinski definition) is 5. The molecule has 1 aromatic heterocycles. The first kappa shape index (κ1) is 13.7. The van der Waals surface area contributed by atoms with Crippen LogP contribution in [0.3, 0.4) is 0 Å². The maximum Gasteiger partial charge on any atom is 0.410 e. The first-order chi connectivity index (χ1) is 9.88. The summed E-state index contributed by atoms with van der Waals surface area (Å²) in [7, 11) is 1.67. The molecule has 2 fully saturated rings. The average Bonchev–Trinajstić information content (AvgIpc) is 2.92. The van der Waals surface area contributed by atoms with E-state index in [0.717, 1.165) is 0 Å². The van der Waals surface area contributed by atoms with Crippen LogP contribution in [0, 0.1) is 6.92 Å². The van der Waals surface area contributed by atoms with Gasteiger partial charge in [-0.2, -0.15) is 0 Å². The lowest BCUT2D eigenvalue weighted by Crippen LogP contribution is -2.39. The number of carbonyl (C=O) groups excluding carboxylic acids is 2. The number of amides is 2. The van der Waals surface area contributed by atoms with Crippen LogP contribution in [0.25, 0.3) is 0 Å². The smallest absolute Gasteiger partial charge is 0.410 e. The standard InChI is InChI=1S/C14H16N2O5/c1-9-5-10(17)6-11(20-9)12(18)16-4-3-14(8-16)7-15(2)13(19)21-14/h5-6H,3-4,7-8H2,1-2H3/t14-/m0/s1. The van der Waals surface area contributed by atoms with Gasteiger partial charge in [-0.05, 0) is 6.92 Å². The minimum Gasteiger partial charge on any atom is -0.456 e. The van der Waals surface area contributed by atoms with E-state index in [4.69, 9.17) is 9.15 Å². The zero-order valence-electron chi connectivity index (χ0n) is 11.9. The number of likely N-dealkylation sites (tertiary alicyclic amines) is 1. The number of likely N-dealkylation sites (N-methyl/N-ethyl adjacent to an activating group) is 1. The van der Waals surface area contributed by atoms with Crippen LogP contribution in [0.5, 0.6) is 0 Å². The second-order valence-electron chi connectivity index (χ2n) is 5.65. The molecule has 0 N–H and O–H groups in total. The molecule has 3 rings (SSSR count). The molecule has 0 bridgehead atoms. The Morgan fingerprint density at radius 3 is 2.67 bits per heavy atom. The fourth-order valence-electron chi connectivity index (χ4n) is 2.89. The van der Waals surface area contributed by atoms with Gasteiger partial charge in [0.15, 0.2) is 16.8 Å². The molecule has 0 saturated carbocycles. The number of aryl methyl sites for hydroxylation is 1. The zero-order chi connectivity index (χ0) is 15.2. The highest BCUT2D eigenvalue weighted by Gasteiger charge is 2.49. The van der Waals surface area contributed by atoms with E-state index >= 15 is 0 Å². The summed E-state index contributed by atoms with van der Waals surface area (Å²) >= 11 is 0. The van der Waals surface area contributed by atoms with Gasteiger partial charge in [-0.3, -0.25) is 9.59 Å². The predicted octanol–water partition coefficient (Wildman–Crippen LogP) is 0.615. The Kier molecular flexibility index (Phi) is 3.00. The molecule has 7 heteroatoms. The number of carbonyl (C=O) groups is 2. The third kappa shape index (κ3) is 2.39. The molecular weight excluding hydrogens is 276 g/mol. The van der Waals surface area contributed by atoms with Gasteiger partial charge in [0.25, 0.3) is 5.91 Å². The van der Waals surface area contributed by atoms with E-state index in [1.807, 2.05) is 0 Å². The summed E-state index contributed by atoms with van der Waals surface area (Å²) in [5, 5.41) is 0. The van der Waals surface area contributed by atoms with E-state index in [1.165, 1.54) is 17.0 Å². The van der Waals surface area contributed by atoms with Gasteiger partial charge in [0.2, 0.25) is 0 Å². The van der Waals surface area contributed by atoms with E-state index in [9.17, 15) is 14.4 Å². The van der Waals surface area contributed by atoms with Crippen molar-refractivity contribution >= 4 is 12.0 Å². The quantitative estimate of drug-likeness (QED) is 0.758. The molecule has 0 aliphatic carbocycles. The van der Waals surface area contributed by atoms with Crippen molar-refractivity contribution < 1.29 is 18.7 Å². The summed E-state index contributed by atoms with van der Waals surface area (Å²) in [5.41, 5.74) is -0.894. The second kappa shape index (κ2) is 4.61. The summed E-state index contributed by atoms with van der Waals surface area (Å²) in [6.45, 7) is 2.88. The summed E-state index contributed by atoms with van der Waals surface area (Å²) in [6, 6.07) is 2.52. The van der Waals surface area contributed by atoms with Crippen LogP contribution in [0.1, 0.15) is 22.7 Å². The average molecular weight is 292 g/mol. The Bertz CT molecular complexity index is 668. The Hall–Kier alpha value is -2.31. The highest BCUT2D eigenvalue weighted by molar-refractivity contribution is 5.91. The minimum atomic E-state index is -0.633. The van der Waals surface area contributed by atoms with Crippen molar-refractivity contribution in [2.45, 2.75) is 18.9 Å². The molecule has 112 valence electrons. The fourth-order valence-corrected chi connectivity index (χ4v) is 2.89. The molecule has 3 heterocycles. The van der Waals surface area contributed by atoms with Gasteiger partial charge in [0, 0.05) is 32.1 Å². The van der Waals surface area contributed by atoms with Gasteiger partial charge >= 0.3 is 6.09 Å². The summed E-state index contributed by atoms with van der Waals surface area (Å²) in [4.78, 5) is 38.4. The largest absolute Gasteiger partial charge is 0.456 e. The van der Waals surface area contributed by atoms with Gasteiger partial charge in [0.1, 0.15) is 5.76 Å². The maximum atomic E-state index is 12.4. The molecule has 2 amide bonds. The number of rotatable bonds is 1. The van der Waals surface area contributed by atoms with Crippen LogP contribution in [0.2, 0.25) is 0 Å². The van der Waals surface area contributed by atoms with Crippen molar-refractivity contribution in [3.8, 4) is 0 Å². The van der Waals surface area contributed by atoms with Crippen molar-refractivity contribution in [2.24, 2.45) is 0 Å². The van der Waals surface area contributed by atoms with Gasteiger partial charge in [-0.15, -0.1) is 0 Å². The molecular formula is C14H16N2O5. The number of hydrogen-bond donors (Lipinski definition) is 0. The number of ether oxygens (including phenoxy) is 1. The Balaban J connectivity index is 1.79. The third-order valence-corrected chi connectivity index (χ3v) is 3.84. The minimum absolute atomic E-state index is 0.0229. The molecule has 0 aromatic carbocycles. The third-order valence-electron chi connectivity index (χ3n) is 3.84. The van der Waals surface area contributed by atoms with Gasteiger partial charge in [-0.25, -0.2) is 4.79 Å². The SMILES string of the molecule is Cc1cc(=O)cc(C(=O)N2CC[C@]3(CN(C)C(=O)O3)C2)o1. The summed E-state index contributed by atoms with van der Waals surface area (Å²) in [5.74, 6) is 0.0693. The van der Waals surface area contributed by atoms with Gasteiger partial charge < -0.3 is 19.0 Å². The van der Waals surface area contributed by atoms with Crippen molar-refractivity contribution in [1.82, 2.24) is 9.80 Å². The first-order valence-electron chi connectivity index (χ1n) is 6.74. The predicted molar refractivity (Wildman–Crippen MR) is 72.1 cm³/mol. The lowest BCUT2D eigenvalue weighted by Gasteiger charge is -2.21. The summed E-state index contributed by atoms with van der Waals surface area (Å²) < 4.78 is 10.7. The molecule has 7 nitrogen and oxygen atoms in total. The van der Waals surface area contributed by atoms with Gasteiger partial charge in [-0.1, -0.05) is 0 Å². The molecule has 0 unspecified atom stereocenters. The van der Waals surface area contributed by atoms with Crippen LogP contribution in [-0.4, -0.2) is 54.1 Å². The van der Waals surface area contributed by atoms with Crippen molar-refractivity contribution in [1.29, 1.82) is 0 Å². The lowest BCUT2D eigenvalue weighted by atomic mass is 10.0. The van der Waals surface area contributed by atoms with Crippen LogP contribution < -0.4 is 5.43 Å². The maximum absolute atomic E-state index is 12.4. The fraction of sp³-hybridized carbons (Fsp3) is 0.500. The van der Waals surface area contributed by atoms with E-state index in [1.54, 1.807) is 18.9 Å². The lowest BCUT2D eigenvalue weighted by molar-refractivity contribution is 0.0537. The van der Waals surface area contributed by atoms with Crippen molar-refractivity contribution in [2.75, 3.05) is 26.7 Å². The van der Waals surface area contributed by atoms with Crippen LogP contribution in [-0.2, 0) is 4.74 Å². The van der Waals surface area contributed by atoms with Crippen LogP contribution in [0.15, 0.2) is 21.3 Å². The van der Waals surface area contributed by atoms with Gasteiger partial charge in [0.05, 0.1) is 13.1 Å². The molecule has 2 aliphatic rings. The summed E-state index contributed by atoms with van der Waals surface area (Å²) in [6.07, 6.45) is 0.219. The highest BCUT2D eigenvalue weighted by atomic mass is 16.6. The monoisotopic (exact) mass is 292 g/mol. The molecule has 0 radical (unpaired) electrons. The Morgan fingerprint density at radius 2 is 2.05 bits per heavy atom. The van der Waals surface area contributed by atoms with E-state index in [2.05, 4.69) is 0 Å². The molecule has 21 heavy (non-hydrogen) atoms. The highest BCUT2D eigenvalue weighted by Crippen LogP contribution is 2.32. The van der Waals surface area contributed by atoms with Crippen molar-refractivity contribution in [3.05, 3.63) is 33.9 Å². The first-order valence-corrected chi connectivity index (χ1v) is 6.74. The van der Waals surface area contributed by atoms with Crippen LogP contribution >= 0.6 is 0 Å². The van der Waals surface area contributed by atoms with E-state index in [-0.39, 0.29) is 23.2 Å². The second-order valence-corrected chi connectivity index (χ2v) is 5.65. The Morgan fingerprint density at radius 1 is 1.29 bits per heavy atom. The van der Waals surface area contributed by atoms with Crippen molar-refractivity contribution in [3.63, 3.8) is 0 Å². The normalized spacial score (nSPS) is 24.8. The zero-order valence-corrected chi connectivity index (χ0v) is 11.9. The van der Waals surface area contributed by atoms with Crippen LogP contribution in [0.4, 0.5) is 4.79 Å². The molecule has 2 saturated heterocycles. The molecule has 1 atom stereocenters. The topological polar surface area (TPSA) is 80.1 Å². The molecule has 2 aliphatic heterocycles. The molecule has 1 aromatic rings.